The molecule has 0 saturated carbocycles. The SMILES string of the molecule is O=C(O)N1CCN2CCc3ccccc3C2C1. The van der Waals surface area contributed by atoms with Crippen LogP contribution in [0.1, 0.15) is 17.2 Å². The summed E-state index contributed by atoms with van der Waals surface area (Å²) in [4.78, 5) is 15.0. The van der Waals surface area contributed by atoms with Crippen LogP contribution in [0.3, 0.4) is 0 Å². The fraction of sp³-hybridized carbons (Fsp3) is 0.462. The zero-order valence-corrected chi connectivity index (χ0v) is 9.67. The molecule has 2 aliphatic rings. The van der Waals surface area contributed by atoms with E-state index in [1.54, 1.807) is 0 Å². The minimum absolute atomic E-state index is 0.254. The lowest BCUT2D eigenvalue weighted by molar-refractivity contribution is 0.0634. The number of carboxylic acid groups (broad SMARTS) is 1. The van der Waals surface area contributed by atoms with Crippen molar-refractivity contribution in [3.63, 3.8) is 0 Å². The summed E-state index contributed by atoms with van der Waals surface area (Å²) in [5, 5.41) is 9.08. The number of benzene rings is 1. The van der Waals surface area contributed by atoms with Crippen LogP contribution in [0.15, 0.2) is 24.3 Å². The number of carbonyl (C=O) groups is 1. The molecule has 0 aliphatic carbocycles. The van der Waals surface area contributed by atoms with E-state index in [-0.39, 0.29) is 6.04 Å². The third-order valence-corrected chi connectivity index (χ3v) is 3.84. The highest BCUT2D eigenvalue weighted by atomic mass is 16.4. The van der Waals surface area contributed by atoms with Gasteiger partial charge in [0.1, 0.15) is 0 Å². The molecule has 0 bridgehead atoms. The highest BCUT2D eigenvalue weighted by molar-refractivity contribution is 5.65. The van der Waals surface area contributed by atoms with E-state index in [4.69, 9.17) is 5.11 Å². The van der Waals surface area contributed by atoms with E-state index >= 15 is 0 Å². The molecule has 1 N–H and O–H groups in total. The first-order valence-corrected chi connectivity index (χ1v) is 6.05. The van der Waals surface area contributed by atoms with Crippen molar-refractivity contribution in [3.05, 3.63) is 35.4 Å². The molecular formula is C13H16N2O2. The van der Waals surface area contributed by atoms with Crippen molar-refractivity contribution in [2.45, 2.75) is 12.5 Å². The predicted octanol–water partition coefficient (Wildman–Crippen LogP) is 1.58. The van der Waals surface area contributed by atoms with Gasteiger partial charge in [-0.1, -0.05) is 24.3 Å². The van der Waals surface area contributed by atoms with Crippen LogP contribution in [-0.2, 0) is 6.42 Å². The topological polar surface area (TPSA) is 43.8 Å². The first-order valence-electron chi connectivity index (χ1n) is 6.05. The van der Waals surface area contributed by atoms with Crippen molar-refractivity contribution in [1.29, 1.82) is 0 Å². The lowest BCUT2D eigenvalue weighted by atomic mass is 9.91. The van der Waals surface area contributed by atoms with Crippen LogP contribution in [0.5, 0.6) is 0 Å². The Labute approximate surface area is 100 Å². The molecule has 1 amide bonds. The normalized spacial score (nSPS) is 24.0. The largest absolute Gasteiger partial charge is 0.465 e. The smallest absolute Gasteiger partial charge is 0.407 e. The van der Waals surface area contributed by atoms with E-state index in [0.29, 0.717) is 13.1 Å². The molecule has 0 aromatic heterocycles. The second kappa shape index (κ2) is 4.04. The first kappa shape index (κ1) is 10.6. The number of hydrogen-bond acceptors (Lipinski definition) is 2. The summed E-state index contributed by atoms with van der Waals surface area (Å²) in [7, 11) is 0. The van der Waals surface area contributed by atoms with Gasteiger partial charge in [-0.25, -0.2) is 4.79 Å². The van der Waals surface area contributed by atoms with E-state index in [1.165, 1.54) is 16.0 Å². The molecule has 1 atom stereocenters. The van der Waals surface area contributed by atoms with Crippen molar-refractivity contribution in [1.82, 2.24) is 9.80 Å². The molecule has 1 unspecified atom stereocenters. The number of piperazine rings is 1. The van der Waals surface area contributed by atoms with E-state index in [1.807, 2.05) is 6.07 Å². The van der Waals surface area contributed by atoms with Gasteiger partial charge in [-0.2, -0.15) is 0 Å². The molecule has 1 aromatic carbocycles. The van der Waals surface area contributed by atoms with Gasteiger partial charge in [0.25, 0.3) is 0 Å². The highest BCUT2D eigenvalue weighted by Crippen LogP contribution is 2.32. The third-order valence-electron chi connectivity index (χ3n) is 3.84. The van der Waals surface area contributed by atoms with E-state index < -0.39 is 6.09 Å². The van der Waals surface area contributed by atoms with Gasteiger partial charge in [0.15, 0.2) is 0 Å². The molecule has 2 aliphatic heterocycles. The van der Waals surface area contributed by atoms with Crippen LogP contribution in [0, 0.1) is 0 Å². The molecule has 4 nitrogen and oxygen atoms in total. The Hall–Kier alpha value is -1.55. The maximum Gasteiger partial charge on any atom is 0.407 e. The Morgan fingerprint density at radius 1 is 1.24 bits per heavy atom. The van der Waals surface area contributed by atoms with Crippen molar-refractivity contribution in [2.24, 2.45) is 0 Å². The van der Waals surface area contributed by atoms with Crippen LogP contribution < -0.4 is 0 Å². The van der Waals surface area contributed by atoms with Gasteiger partial charge in [-0.15, -0.1) is 0 Å². The molecule has 17 heavy (non-hydrogen) atoms. The minimum Gasteiger partial charge on any atom is -0.465 e. The number of amides is 1. The van der Waals surface area contributed by atoms with Gasteiger partial charge in [0, 0.05) is 26.2 Å². The van der Waals surface area contributed by atoms with Crippen LogP contribution in [-0.4, -0.2) is 47.2 Å². The van der Waals surface area contributed by atoms with Gasteiger partial charge in [0.2, 0.25) is 0 Å². The molecule has 1 aromatic rings. The van der Waals surface area contributed by atoms with E-state index in [2.05, 4.69) is 23.1 Å². The number of nitrogens with zero attached hydrogens (tertiary/aromatic N) is 2. The van der Waals surface area contributed by atoms with Crippen molar-refractivity contribution >= 4 is 6.09 Å². The Balaban J connectivity index is 1.91. The van der Waals surface area contributed by atoms with Crippen LogP contribution in [0.2, 0.25) is 0 Å². The van der Waals surface area contributed by atoms with Gasteiger partial charge < -0.3 is 10.0 Å². The zero-order chi connectivity index (χ0) is 11.8. The van der Waals surface area contributed by atoms with Gasteiger partial charge in [0.05, 0.1) is 6.04 Å². The fourth-order valence-corrected chi connectivity index (χ4v) is 2.91. The van der Waals surface area contributed by atoms with Gasteiger partial charge in [-0.3, -0.25) is 4.90 Å². The Kier molecular flexibility index (Phi) is 2.52. The summed E-state index contributed by atoms with van der Waals surface area (Å²) in [6.07, 6.45) is 0.285. The van der Waals surface area contributed by atoms with Crippen molar-refractivity contribution < 1.29 is 9.90 Å². The fourth-order valence-electron chi connectivity index (χ4n) is 2.91. The highest BCUT2D eigenvalue weighted by Gasteiger charge is 2.33. The quantitative estimate of drug-likeness (QED) is 0.738. The summed E-state index contributed by atoms with van der Waals surface area (Å²) in [6.45, 7) is 3.14. The summed E-state index contributed by atoms with van der Waals surface area (Å²) < 4.78 is 0. The summed E-state index contributed by atoms with van der Waals surface area (Å²) in [6, 6.07) is 8.66. The Morgan fingerprint density at radius 3 is 2.88 bits per heavy atom. The van der Waals surface area contributed by atoms with Crippen LogP contribution >= 0.6 is 0 Å². The third kappa shape index (κ3) is 1.78. The number of rotatable bonds is 0. The van der Waals surface area contributed by atoms with Gasteiger partial charge >= 0.3 is 6.09 Å². The molecular weight excluding hydrogens is 216 g/mol. The Bertz CT molecular complexity index is 447. The van der Waals surface area contributed by atoms with Gasteiger partial charge in [-0.05, 0) is 17.5 Å². The van der Waals surface area contributed by atoms with Crippen molar-refractivity contribution in [2.75, 3.05) is 26.2 Å². The molecule has 90 valence electrons. The molecule has 0 radical (unpaired) electrons. The molecule has 4 heteroatoms. The van der Waals surface area contributed by atoms with E-state index in [9.17, 15) is 4.79 Å². The molecule has 1 saturated heterocycles. The van der Waals surface area contributed by atoms with Crippen LogP contribution in [0.4, 0.5) is 4.79 Å². The standard InChI is InChI=1S/C13H16N2O2/c16-13(17)15-8-7-14-6-5-10-3-1-2-4-11(10)12(14)9-15/h1-4,12H,5-9H2,(H,16,17). The first-order chi connectivity index (χ1) is 8.25. The average Bonchev–Trinajstić information content (AvgIpc) is 2.38. The molecule has 2 heterocycles. The molecule has 1 fully saturated rings. The van der Waals surface area contributed by atoms with E-state index in [0.717, 1.165) is 19.5 Å². The maximum absolute atomic E-state index is 11.0. The lowest BCUT2D eigenvalue weighted by Gasteiger charge is -2.44. The second-order valence-corrected chi connectivity index (χ2v) is 4.73. The molecule has 3 rings (SSSR count). The summed E-state index contributed by atoms with van der Waals surface area (Å²) >= 11 is 0. The summed E-state index contributed by atoms with van der Waals surface area (Å²) in [5.41, 5.74) is 2.69. The van der Waals surface area contributed by atoms with Crippen LogP contribution in [0.25, 0.3) is 0 Å². The summed E-state index contributed by atoms with van der Waals surface area (Å²) in [5.74, 6) is 0. The lowest BCUT2D eigenvalue weighted by Crippen LogP contribution is -2.52. The monoisotopic (exact) mass is 232 g/mol. The number of fused-ring (bicyclic) bond motifs is 3. The minimum atomic E-state index is -0.798. The number of hydrogen-bond donors (Lipinski definition) is 1. The predicted molar refractivity (Wildman–Crippen MR) is 64.1 cm³/mol. The second-order valence-electron chi connectivity index (χ2n) is 4.73. The average molecular weight is 232 g/mol. The Morgan fingerprint density at radius 2 is 2.06 bits per heavy atom. The maximum atomic E-state index is 11.0. The molecule has 0 spiro atoms. The van der Waals surface area contributed by atoms with Crippen molar-refractivity contribution in [3.8, 4) is 0 Å². The zero-order valence-electron chi connectivity index (χ0n) is 9.67.